The summed E-state index contributed by atoms with van der Waals surface area (Å²) in [5.41, 5.74) is 7.60. The van der Waals surface area contributed by atoms with Gasteiger partial charge in [0.25, 0.3) is 0 Å². The van der Waals surface area contributed by atoms with Gasteiger partial charge in [-0.05, 0) is 115 Å². The number of carbonyl (C=O) groups excluding carboxylic acids is 1. The van der Waals surface area contributed by atoms with Gasteiger partial charge in [0, 0.05) is 24.0 Å². The molecule has 2 fully saturated rings. The standard InChI is InChI=1S/C24H24F3N3O.C23H22F3N3O2/c1-15(31)14-16-2-4-17(5-3-16)18-6-8-19(9-7-18)20-10-12-21(13-11-20)22-28-23(30-29-22)24(25,26)27;24-23(25,26)22-27-21(28-29-22)19-11-9-18(10-12-19)17-7-5-16(6-8-17)15-3-1-14(2-4-15)13-20(30)31/h6-13,16-17H,2-5,14H2,1H3,(H,28,29,30);5-12,14-15H,1-4,13H2,(H,30,31)(H,27,28,29). The van der Waals surface area contributed by atoms with E-state index in [1.807, 2.05) is 46.6 Å². The lowest BCUT2D eigenvalue weighted by Crippen LogP contribution is -2.16. The Morgan fingerprint density at radius 1 is 0.516 bits per heavy atom. The summed E-state index contributed by atoms with van der Waals surface area (Å²) in [6.45, 7) is 1.67. The molecule has 0 radical (unpaired) electrons. The van der Waals surface area contributed by atoms with Crippen LogP contribution in [-0.2, 0) is 21.9 Å². The molecule has 0 bridgehead atoms. The van der Waals surface area contributed by atoms with E-state index in [4.69, 9.17) is 5.11 Å². The number of carbonyl (C=O) groups is 2. The number of nitrogens with one attached hydrogen (secondary N) is 2. The number of alkyl halides is 6. The first-order valence-corrected chi connectivity index (χ1v) is 20.7. The van der Waals surface area contributed by atoms with Crippen molar-refractivity contribution in [3.05, 3.63) is 120 Å². The van der Waals surface area contributed by atoms with Crippen LogP contribution >= 0.6 is 0 Å². The van der Waals surface area contributed by atoms with E-state index in [-0.39, 0.29) is 29.8 Å². The number of nitrogens with zero attached hydrogens (tertiary/aromatic N) is 4. The Morgan fingerprint density at radius 3 is 1.11 bits per heavy atom. The van der Waals surface area contributed by atoms with E-state index in [2.05, 4.69) is 56.6 Å². The smallest absolute Gasteiger partial charge is 0.451 e. The minimum absolute atomic E-state index is 0.00715. The topological polar surface area (TPSA) is 138 Å². The minimum Gasteiger partial charge on any atom is -0.481 e. The molecule has 0 atom stereocenters. The molecular formula is C47H46F6N6O3. The fourth-order valence-corrected chi connectivity index (χ4v) is 8.61. The number of rotatable bonds is 10. The van der Waals surface area contributed by atoms with Crippen LogP contribution in [0.2, 0.25) is 0 Å². The van der Waals surface area contributed by atoms with Gasteiger partial charge < -0.3 is 9.90 Å². The number of aromatic nitrogens is 6. The molecule has 0 aliphatic heterocycles. The highest BCUT2D eigenvalue weighted by Gasteiger charge is 2.36. The third-order valence-electron chi connectivity index (χ3n) is 12.0. The lowest BCUT2D eigenvalue weighted by atomic mass is 9.77. The van der Waals surface area contributed by atoms with Gasteiger partial charge in [0.15, 0.2) is 11.6 Å². The SMILES string of the molecule is CC(=O)CC1CCC(c2ccc(-c3ccc(-c4n[nH]c(C(F)(F)F)n4)cc3)cc2)CC1.O=C(O)CC1CCC(c2ccc(-c3ccc(-c4n[nH]c(C(F)(F)F)n4)cc3)cc2)CC1. The zero-order valence-electron chi connectivity index (χ0n) is 33.9. The molecule has 15 heteroatoms. The highest BCUT2D eigenvalue weighted by molar-refractivity contribution is 5.75. The number of benzene rings is 4. The van der Waals surface area contributed by atoms with E-state index in [9.17, 15) is 35.9 Å². The molecule has 324 valence electrons. The largest absolute Gasteiger partial charge is 0.481 e. The third kappa shape index (κ3) is 11.2. The second-order valence-corrected chi connectivity index (χ2v) is 16.3. The van der Waals surface area contributed by atoms with Crippen molar-refractivity contribution >= 4 is 11.8 Å². The van der Waals surface area contributed by atoms with E-state index in [1.165, 1.54) is 11.1 Å². The summed E-state index contributed by atoms with van der Waals surface area (Å²) < 4.78 is 76.1. The summed E-state index contributed by atoms with van der Waals surface area (Å²) in [5, 5.41) is 20.1. The number of hydrogen-bond acceptors (Lipinski definition) is 6. The molecule has 2 aromatic heterocycles. The minimum atomic E-state index is -4.55. The monoisotopic (exact) mass is 856 g/mol. The summed E-state index contributed by atoms with van der Waals surface area (Å²) in [7, 11) is 0. The van der Waals surface area contributed by atoms with Crippen molar-refractivity contribution < 1.29 is 41.0 Å². The molecule has 62 heavy (non-hydrogen) atoms. The molecule has 2 saturated carbocycles. The van der Waals surface area contributed by atoms with Crippen LogP contribution in [0, 0.1) is 11.8 Å². The summed E-state index contributed by atoms with van der Waals surface area (Å²) in [6.07, 6.45) is 0.183. The van der Waals surface area contributed by atoms with Gasteiger partial charge in [-0.3, -0.25) is 15.0 Å². The van der Waals surface area contributed by atoms with Gasteiger partial charge in [-0.25, -0.2) is 9.97 Å². The van der Waals surface area contributed by atoms with Crippen molar-refractivity contribution in [1.82, 2.24) is 30.4 Å². The second kappa shape index (κ2) is 18.9. The van der Waals surface area contributed by atoms with E-state index in [0.29, 0.717) is 35.3 Å². The average Bonchev–Trinajstić information content (AvgIpc) is 3.97. The first-order valence-electron chi connectivity index (χ1n) is 20.7. The van der Waals surface area contributed by atoms with E-state index >= 15 is 0 Å². The molecule has 2 aliphatic carbocycles. The van der Waals surface area contributed by atoms with Crippen LogP contribution < -0.4 is 0 Å². The highest BCUT2D eigenvalue weighted by Crippen LogP contribution is 2.39. The molecule has 3 N–H and O–H groups in total. The quantitative estimate of drug-likeness (QED) is 0.117. The molecule has 0 amide bonds. The van der Waals surface area contributed by atoms with Gasteiger partial charge in [-0.15, -0.1) is 0 Å². The number of carboxylic acid groups (broad SMARTS) is 1. The summed E-state index contributed by atoms with van der Waals surface area (Å²) >= 11 is 0. The van der Waals surface area contributed by atoms with Crippen molar-refractivity contribution in [1.29, 1.82) is 0 Å². The summed E-state index contributed by atoms with van der Waals surface area (Å²) in [6, 6.07) is 31.0. The normalized spacial score (nSPS) is 19.3. The van der Waals surface area contributed by atoms with Gasteiger partial charge in [0.05, 0.1) is 0 Å². The van der Waals surface area contributed by atoms with E-state index in [1.54, 1.807) is 31.2 Å². The molecule has 2 heterocycles. The van der Waals surface area contributed by atoms with E-state index in [0.717, 1.165) is 73.6 Å². The number of carboxylic acids is 1. The number of aliphatic carboxylic acids is 1. The zero-order chi connectivity index (χ0) is 44.0. The van der Waals surface area contributed by atoms with Crippen molar-refractivity contribution in [3.63, 3.8) is 0 Å². The van der Waals surface area contributed by atoms with Gasteiger partial charge >= 0.3 is 18.3 Å². The van der Waals surface area contributed by atoms with Crippen LogP contribution in [0.3, 0.4) is 0 Å². The maximum Gasteiger partial charge on any atom is 0.451 e. The molecular weight excluding hydrogens is 811 g/mol. The van der Waals surface area contributed by atoms with Crippen LogP contribution in [-0.4, -0.2) is 47.2 Å². The van der Waals surface area contributed by atoms with Gasteiger partial charge in [-0.1, -0.05) is 97.1 Å². The molecule has 0 unspecified atom stereocenters. The van der Waals surface area contributed by atoms with Crippen molar-refractivity contribution in [2.45, 2.75) is 95.3 Å². The van der Waals surface area contributed by atoms with Crippen LogP contribution in [0.4, 0.5) is 26.3 Å². The molecule has 2 aliphatic rings. The molecule has 0 spiro atoms. The molecule has 4 aromatic carbocycles. The van der Waals surface area contributed by atoms with Crippen molar-refractivity contribution in [2.24, 2.45) is 11.8 Å². The average molecular weight is 857 g/mol. The number of halogens is 6. The van der Waals surface area contributed by atoms with E-state index < -0.39 is 30.0 Å². The molecule has 0 saturated heterocycles. The fourth-order valence-electron chi connectivity index (χ4n) is 8.61. The zero-order valence-corrected chi connectivity index (χ0v) is 33.9. The predicted molar refractivity (Wildman–Crippen MR) is 221 cm³/mol. The van der Waals surface area contributed by atoms with Crippen LogP contribution in [0.5, 0.6) is 0 Å². The number of Topliss-reactive ketones (excluding diaryl/α,β-unsaturated/α-hetero) is 1. The van der Waals surface area contributed by atoms with Gasteiger partial charge in [0.2, 0.25) is 11.6 Å². The first kappa shape index (κ1) is 44.0. The molecule has 9 nitrogen and oxygen atoms in total. The van der Waals surface area contributed by atoms with Crippen molar-refractivity contribution in [3.8, 4) is 45.0 Å². The highest BCUT2D eigenvalue weighted by atomic mass is 19.4. The Morgan fingerprint density at radius 2 is 0.823 bits per heavy atom. The fraction of sp³-hybridized carbons (Fsp3) is 0.362. The maximum absolute atomic E-state index is 12.7. The Balaban J connectivity index is 0.000000186. The van der Waals surface area contributed by atoms with Crippen LogP contribution in [0.25, 0.3) is 45.0 Å². The Labute approximate surface area is 354 Å². The predicted octanol–water partition coefficient (Wildman–Crippen LogP) is 12.3. The molecule has 8 rings (SSSR count). The lowest BCUT2D eigenvalue weighted by Gasteiger charge is -2.28. The summed E-state index contributed by atoms with van der Waals surface area (Å²) in [4.78, 5) is 29.2. The Kier molecular flexibility index (Phi) is 13.4. The number of hydrogen-bond donors (Lipinski definition) is 3. The maximum atomic E-state index is 12.7. The second-order valence-electron chi connectivity index (χ2n) is 16.3. The van der Waals surface area contributed by atoms with Gasteiger partial charge in [0.1, 0.15) is 5.78 Å². The molecule has 6 aromatic rings. The van der Waals surface area contributed by atoms with Crippen molar-refractivity contribution in [2.75, 3.05) is 0 Å². The first-order chi connectivity index (χ1) is 29.6. The van der Waals surface area contributed by atoms with Gasteiger partial charge in [-0.2, -0.15) is 36.5 Å². The third-order valence-corrected chi connectivity index (χ3v) is 12.0. The Hall–Kier alpha value is -6.12. The van der Waals surface area contributed by atoms with Crippen LogP contribution in [0.1, 0.15) is 106 Å². The number of H-pyrrole nitrogens is 2. The summed E-state index contributed by atoms with van der Waals surface area (Å²) in [5.74, 6) is -0.821. The number of ketones is 1. The van der Waals surface area contributed by atoms with Crippen LogP contribution in [0.15, 0.2) is 97.1 Å². The lowest BCUT2D eigenvalue weighted by molar-refractivity contribution is -0.145. The number of aromatic amines is 2. The Bertz CT molecular complexity index is 2240.